The van der Waals surface area contributed by atoms with E-state index >= 15 is 0 Å². The second kappa shape index (κ2) is 11.4. The third-order valence-corrected chi connectivity index (χ3v) is 7.03. The highest BCUT2D eigenvalue weighted by atomic mass is 28.3. The molecule has 2 aromatic carbocycles. The van der Waals surface area contributed by atoms with Crippen LogP contribution in [-0.4, -0.2) is 35.9 Å². The first-order chi connectivity index (χ1) is 17.6. The summed E-state index contributed by atoms with van der Waals surface area (Å²) in [6.45, 7) is 9.45. The van der Waals surface area contributed by atoms with Crippen molar-refractivity contribution >= 4 is 8.07 Å². The molecule has 1 aromatic heterocycles. The van der Waals surface area contributed by atoms with Crippen LogP contribution in [0.4, 0.5) is 0 Å². The van der Waals surface area contributed by atoms with E-state index in [0.29, 0.717) is 13.2 Å². The van der Waals surface area contributed by atoms with Gasteiger partial charge >= 0.3 is 5.69 Å². The number of nitrogens with one attached hydrogen (secondary N) is 1. The lowest BCUT2D eigenvalue weighted by atomic mass is 9.91. The topological polar surface area (TPSA) is 82.5 Å². The van der Waals surface area contributed by atoms with Crippen LogP contribution in [0.25, 0.3) is 0 Å². The zero-order valence-corrected chi connectivity index (χ0v) is 22.8. The van der Waals surface area contributed by atoms with Crippen molar-refractivity contribution in [1.29, 1.82) is 0 Å². The fraction of sp³-hybridized carbons (Fsp3) is 0.379. The number of H-pyrrole nitrogens is 1. The van der Waals surface area contributed by atoms with E-state index in [1.165, 1.54) is 16.8 Å². The Morgan fingerprint density at radius 2 is 1.59 bits per heavy atom. The van der Waals surface area contributed by atoms with Gasteiger partial charge in [0.1, 0.15) is 19.8 Å². The summed E-state index contributed by atoms with van der Waals surface area (Å²) in [6, 6.07) is 21.1. The van der Waals surface area contributed by atoms with Gasteiger partial charge in [-0.3, -0.25) is 14.3 Å². The van der Waals surface area contributed by atoms with Crippen LogP contribution in [0.5, 0.6) is 0 Å². The smallest absolute Gasteiger partial charge is 0.330 e. The number of rotatable bonds is 8. The minimum Gasteiger partial charge on any atom is -0.374 e. The van der Waals surface area contributed by atoms with Gasteiger partial charge in [0.2, 0.25) is 0 Å². The maximum atomic E-state index is 12.8. The lowest BCUT2D eigenvalue weighted by molar-refractivity contribution is -0.146. The molecule has 0 spiro atoms. The highest BCUT2D eigenvalue weighted by Gasteiger charge is 2.54. The number of benzene rings is 2. The standard InChI is InChI=1S/C29H34N2O5Si/c1-29(21-34-19-22-11-7-5-8-12-22)26(35-20-23-13-9-6-10-14-23)24(16-18-37(2,3)4)27(36-29)31-17-15-25(32)30-28(31)33/h5-15,17,24,26-27H,19-21H2,1-4H3,(H,30,32,33)/t24-,26-,27+,29+/m0/s1. The van der Waals surface area contributed by atoms with Crippen LogP contribution >= 0.6 is 0 Å². The first-order valence-corrected chi connectivity index (χ1v) is 15.9. The summed E-state index contributed by atoms with van der Waals surface area (Å²) in [6.07, 6.45) is 0.218. The largest absolute Gasteiger partial charge is 0.374 e. The van der Waals surface area contributed by atoms with Gasteiger partial charge in [0, 0.05) is 12.3 Å². The van der Waals surface area contributed by atoms with Crippen LogP contribution in [0.2, 0.25) is 19.6 Å². The molecule has 8 heteroatoms. The van der Waals surface area contributed by atoms with Gasteiger partial charge < -0.3 is 14.2 Å². The van der Waals surface area contributed by atoms with E-state index in [9.17, 15) is 9.59 Å². The van der Waals surface area contributed by atoms with Crippen molar-refractivity contribution in [3.05, 3.63) is 105 Å². The molecular formula is C29H34N2O5Si. The molecule has 1 fully saturated rings. The SMILES string of the molecule is C[C@]1(COCc2ccccc2)O[C@@H](n2ccc(=O)[nH]c2=O)[C@@H](C#C[Si](C)(C)C)[C@@H]1OCc1ccccc1. The van der Waals surface area contributed by atoms with E-state index in [1.807, 2.05) is 67.6 Å². The van der Waals surface area contributed by atoms with Crippen molar-refractivity contribution in [2.24, 2.45) is 5.92 Å². The van der Waals surface area contributed by atoms with Gasteiger partial charge in [0.25, 0.3) is 5.56 Å². The minimum atomic E-state index is -1.76. The average molecular weight is 519 g/mol. The van der Waals surface area contributed by atoms with Gasteiger partial charge in [-0.25, -0.2) is 4.79 Å². The average Bonchev–Trinajstić information content (AvgIpc) is 3.13. The first kappa shape index (κ1) is 26.8. The van der Waals surface area contributed by atoms with E-state index in [1.54, 1.807) is 0 Å². The van der Waals surface area contributed by atoms with Crippen LogP contribution in [0, 0.1) is 17.4 Å². The molecule has 1 N–H and O–H groups in total. The lowest BCUT2D eigenvalue weighted by Gasteiger charge is -2.31. The molecule has 37 heavy (non-hydrogen) atoms. The van der Waals surface area contributed by atoms with E-state index in [4.69, 9.17) is 14.2 Å². The fourth-order valence-electron chi connectivity index (χ4n) is 4.35. The third-order valence-electron chi connectivity index (χ3n) is 6.14. The van der Waals surface area contributed by atoms with E-state index in [-0.39, 0.29) is 6.61 Å². The van der Waals surface area contributed by atoms with Gasteiger partial charge in [-0.1, -0.05) is 86.2 Å². The van der Waals surface area contributed by atoms with Crippen molar-refractivity contribution in [3.63, 3.8) is 0 Å². The highest BCUT2D eigenvalue weighted by molar-refractivity contribution is 6.83. The monoisotopic (exact) mass is 518 g/mol. The van der Waals surface area contributed by atoms with E-state index in [2.05, 4.69) is 36.1 Å². The maximum absolute atomic E-state index is 12.8. The maximum Gasteiger partial charge on any atom is 0.330 e. The Kier molecular flexibility index (Phi) is 8.30. The Labute approximate surface area is 218 Å². The summed E-state index contributed by atoms with van der Waals surface area (Å²) in [7, 11) is -1.76. The van der Waals surface area contributed by atoms with E-state index in [0.717, 1.165) is 11.1 Å². The van der Waals surface area contributed by atoms with Crippen LogP contribution in [-0.2, 0) is 27.4 Å². The van der Waals surface area contributed by atoms with Crippen molar-refractivity contribution in [3.8, 4) is 11.5 Å². The van der Waals surface area contributed by atoms with Gasteiger partial charge in [-0.15, -0.1) is 5.54 Å². The van der Waals surface area contributed by atoms with Crippen LogP contribution in [0.15, 0.2) is 82.5 Å². The molecule has 7 nitrogen and oxygen atoms in total. The fourth-order valence-corrected chi connectivity index (χ4v) is 4.95. The molecule has 4 atom stereocenters. The van der Waals surface area contributed by atoms with Crippen molar-refractivity contribution in [2.45, 2.75) is 57.7 Å². The first-order valence-electron chi connectivity index (χ1n) is 12.4. The van der Waals surface area contributed by atoms with Gasteiger partial charge in [0.15, 0.2) is 6.23 Å². The summed E-state index contributed by atoms with van der Waals surface area (Å²) in [4.78, 5) is 26.9. The Morgan fingerprint density at radius 3 is 2.19 bits per heavy atom. The summed E-state index contributed by atoms with van der Waals surface area (Å²) in [5, 5.41) is 0. The molecule has 1 aliphatic heterocycles. The minimum absolute atomic E-state index is 0.237. The highest BCUT2D eigenvalue weighted by Crippen LogP contribution is 2.43. The molecule has 0 amide bonds. The molecule has 0 bridgehead atoms. The number of aromatic amines is 1. The molecule has 0 aliphatic carbocycles. The molecular weight excluding hydrogens is 484 g/mol. The van der Waals surface area contributed by atoms with Gasteiger partial charge in [-0.05, 0) is 18.1 Å². The molecule has 194 valence electrons. The zero-order valence-electron chi connectivity index (χ0n) is 21.8. The normalized spacial score (nSPS) is 23.4. The lowest BCUT2D eigenvalue weighted by Crippen LogP contribution is -2.44. The quantitative estimate of drug-likeness (QED) is 0.358. The number of aromatic nitrogens is 2. The van der Waals surface area contributed by atoms with Crippen molar-refractivity contribution in [1.82, 2.24) is 9.55 Å². The second-order valence-corrected chi connectivity index (χ2v) is 15.3. The number of ether oxygens (including phenoxy) is 3. The van der Waals surface area contributed by atoms with Crippen LogP contribution in [0.3, 0.4) is 0 Å². The predicted octanol–water partition coefficient (Wildman–Crippen LogP) is 4.12. The Balaban J connectivity index is 1.69. The zero-order chi connectivity index (χ0) is 26.5. The molecule has 0 unspecified atom stereocenters. The molecule has 1 aliphatic rings. The Morgan fingerprint density at radius 1 is 0.973 bits per heavy atom. The number of hydrogen-bond donors (Lipinski definition) is 1. The van der Waals surface area contributed by atoms with Gasteiger partial charge in [-0.2, -0.15) is 0 Å². The summed E-state index contributed by atoms with van der Waals surface area (Å²) in [5.41, 5.74) is 3.61. The second-order valence-electron chi connectivity index (χ2n) is 10.6. The number of hydrogen-bond acceptors (Lipinski definition) is 5. The summed E-state index contributed by atoms with van der Waals surface area (Å²) < 4.78 is 20.6. The molecule has 4 rings (SSSR count). The Hall–Kier alpha value is -3.22. The van der Waals surface area contributed by atoms with E-state index < -0.39 is 43.2 Å². The molecule has 0 radical (unpaired) electrons. The predicted molar refractivity (Wildman–Crippen MR) is 146 cm³/mol. The molecule has 2 heterocycles. The molecule has 1 saturated heterocycles. The number of nitrogens with zero attached hydrogens (tertiary/aromatic N) is 1. The van der Waals surface area contributed by atoms with Crippen LogP contribution in [0.1, 0.15) is 24.3 Å². The van der Waals surface area contributed by atoms with Crippen LogP contribution < -0.4 is 11.2 Å². The summed E-state index contributed by atoms with van der Waals surface area (Å²) in [5.74, 6) is 2.96. The Bertz CT molecular complexity index is 1350. The van der Waals surface area contributed by atoms with Crippen molar-refractivity contribution in [2.75, 3.05) is 6.61 Å². The van der Waals surface area contributed by atoms with Gasteiger partial charge in [0.05, 0.1) is 25.7 Å². The summed E-state index contributed by atoms with van der Waals surface area (Å²) >= 11 is 0. The molecule has 0 saturated carbocycles. The molecule has 3 aromatic rings. The van der Waals surface area contributed by atoms with Crippen molar-refractivity contribution < 1.29 is 14.2 Å². The third kappa shape index (κ3) is 6.96.